The van der Waals surface area contributed by atoms with Gasteiger partial charge in [-0.1, -0.05) is 29.8 Å². The molecule has 0 aliphatic rings. The number of hydrogen-bond acceptors (Lipinski definition) is 4. The highest BCUT2D eigenvalue weighted by Crippen LogP contribution is 2.26. The lowest BCUT2D eigenvalue weighted by molar-refractivity contribution is -0.111. The average Bonchev–Trinajstić information content (AvgIpc) is 3.10. The summed E-state index contributed by atoms with van der Waals surface area (Å²) in [5.74, 6) is 0.635. The molecule has 1 N–H and O–H groups in total. The third-order valence-electron chi connectivity index (χ3n) is 3.76. The Morgan fingerprint density at radius 1 is 1.11 bits per heavy atom. The van der Waals surface area contributed by atoms with Crippen LogP contribution in [0.3, 0.4) is 0 Å². The van der Waals surface area contributed by atoms with E-state index in [-0.39, 0.29) is 12.0 Å². The van der Waals surface area contributed by atoms with Crippen LogP contribution in [0.4, 0.5) is 5.13 Å². The first-order valence-electron chi connectivity index (χ1n) is 8.78. The van der Waals surface area contributed by atoms with E-state index in [9.17, 15) is 4.79 Å². The van der Waals surface area contributed by atoms with Crippen molar-refractivity contribution in [3.8, 4) is 17.0 Å². The van der Waals surface area contributed by atoms with Crippen molar-refractivity contribution in [3.63, 3.8) is 0 Å². The van der Waals surface area contributed by atoms with Crippen LogP contribution in [0.15, 0.2) is 60.0 Å². The number of aromatic nitrogens is 1. The zero-order chi connectivity index (χ0) is 19.2. The topological polar surface area (TPSA) is 51.2 Å². The second-order valence-electron chi connectivity index (χ2n) is 6.46. The minimum absolute atomic E-state index is 0.143. The van der Waals surface area contributed by atoms with Crippen LogP contribution >= 0.6 is 11.3 Å². The molecule has 0 aliphatic heterocycles. The van der Waals surface area contributed by atoms with E-state index in [2.05, 4.69) is 10.3 Å². The van der Waals surface area contributed by atoms with Crippen LogP contribution in [0.2, 0.25) is 0 Å². The number of carbonyl (C=O) groups excluding carboxylic acids is 1. The van der Waals surface area contributed by atoms with Crippen molar-refractivity contribution >= 4 is 28.5 Å². The van der Waals surface area contributed by atoms with Crippen molar-refractivity contribution < 1.29 is 9.53 Å². The summed E-state index contributed by atoms with van der Waals surface area (Å²) in [7, 11) is 0. The SMILES string of the molecule is Cc1ccc(/C=C/C(=O)Nc2nc(-c3ccc(OC(C)C)cc3)cs2)cc1. The molecule has 1 heterocycles. The maximum absolute atomic E-state index is 12.1. The van der Waals surface area contributed by atoms with E-state index >= 15 is 0 Å². The Morgan fingerprint density at radius 3 is 2.48 bits per heavy atom. The van der Waals surface area contributed by atoms with Gasteiger partial charge < -0.3 is 4.74 Å². The van der Waals surface area contributed by atoms with Gasteiger partial charge in [-0.2, -0.15) is 0 Å². The Balaban J connectivity index is 1.61. The largest absolute Gasteiger partial charge is 0.491 e. The number of carbonyl (C=O) groups is 1. The number of thiazole rings is 1. The Kier molecular flexibility index (Phi) is 6.04. The molecule has 2 aromatic carbocycles. The smallest absolute Gasteiger partial charge is 0.250 e. The third kappa shape index (κ3) is 5.53. The zero-order valence-corrected chi connectivity index (χ0v) is 16.4. The molecule has 138 valence electrons. The highest BCUT2D eigenvalue weighted by Gasteiger charge is 2.07. The van der Waals surface area contributed by atoms with E-state index < -0.39 is 0 Å². The summed E-state index contributed by atoms with van der Waals surface area (Å²) in [6, 6.07) is 15.8. The van der Waals surface area contributed by atoms with Gasteiger partial charge in [-0.15, -0.1) is 11.3 Å². The number of hydrogen-bond donors (Lipinski definition) is 1. The zero-order valence-electron chi connectivity index (χ0n) is 15.6. The third-order valence-corrected chi connectivity index (χ3v) is 4.52. The molecule has 1 amide bonds. The number of anilines is 1. The molecule has 3 rings (SSSR count). The van der Waals surface area contributed by atoms with Crippen molar-refractivity contribution in [1.29, 1.82) is 0 Å². The number of amides is 1. The highest BCUT2D eigenvalue weighted by molar-refractivity contribution is 7.14. The lowest BCUT2D eigenvalue weighted by Gasteiger charge is -2.09. The minimum Gasteiger partial charge on any atom is -0.491 e. The first-order valence-corrected chi connectivity index (χ1v) is 9.66. The van der Waals surface area contributed by atoms with Gasteiger partial charge in [0.25, 0.3) is 0 Å². The van der Waals surface area contributed by atoms with Crippen LogP contribution in [0.1, 0.15) is 25.0 Å². The minimum atomic E-state index is -0.197. The van der Waals surface area contributed by atoms with Crippen molar-refractivity contribution in [2.45, 2.75) is 26.9 Å². The normalized spacial score (nSPS) is 11.1. The van der Waals surface area contributed by atoms with Gasteiger partial charge in [0.05, 0.1) is 11.8 Å². The van der Waals surface area contributed by atoms with E-state index in [1.807, 2.05) is 74.7 Å². The van der Waals surface area contributed by atoms with Crippen molar-refractivity contribution in [2.75, 3.05) is 5.32 Å². The molecule has 5 heteroatoms. The molecular formula is C22H22N2O2S. The molecule has 0 spiro atoms. The summed E-state index contributed by atoms with van der Waals surface area (Å²) in [6.45, 7) is 6.03. The number of aryl methyl sites for hydroxylation is 1. The molecule has 0 radical (unpaired) electrons. The molecule has 0 saturated heterocycles. The Labute approximate surface area is 163 Å². The van der Waals surface area contributed by atoms with Crippen LogP contribution in [-0.4, -0.2) is 17.0 Å². The number of nitrogens with one attached hydrogen (secondary N) is 1. The van der Waals surface area contributed by atoms with E-state index in [4.69, 9.17) is 4.74 Å². The summed E-state index contributed by atoms with van der Waals surface area (Å²) < 4.78 is 5.65. The van der Waals surface area contributed by atoms with Crippen molar-refractivity contribution in [2.24, 2.45) is 0 Å². The summed E-state index contributed by atoms with van der Waals surface area (Å²) in [5, 5.41) is 5.31. The van der Waals surface area contributed by atoms with Gasteiger partial charge in [0.2, 0.25) is 5.91 Å². The first kappa shape index (κ1) is 18.9. The monoisotopic (exact) mass is 378 g/mol. The van der Waals surface area contributed by atoms with E-state index in [1.165, 1.54) is 23.0 Å². The molecule has 1 aromatic heterocycles. The van der Waals surface area contributed by atoms with Crippen LogP contribution in [0, 0.1) is 6.92 Å². The quantitative estimate of drug-likeness (QED) is 0.572. The van der Waals surface area contributed by atoms with Gasteiger partial charge >= 0.3 is 0 Å². The van der Waals surface area contributed by atoms with E-state index in [0.29, 0.717) is 5.13 Å². The van der Waals surface area contributed by atoms with E-state index in [0.717, 1.165) is 22.6 Å². The Hall–Kier alpha value is -2.92. The van der Waals surface area contributed by atoms with Crippen LogP contribution in [0.5, 0.6) is 5.75 Å². The summed E-state index contributed by atoms with van der Waals surface area (Å²) in [4.78, 5) is 16.6. The Morgan fingerprint density at radius 2 is 1.81 bits per heavy atom. The van der Waals surface area contributed by atoms with Gasteiger partial charge in [-0.05, 0) is 56.7 Å². The number of nitrogens with zero attached hydrogens (tertiary/aromatic N) is 1. The maximum atomic E-state index is 12.1. The predicted molar refractivity (Wildman–Crippen MR) is 112 cm³/mol. The molecule has 4 nitrogen and oxygen atoms in total. The van der Waals surface area contributed by atoms with Crippen LogP contribution in [0.25, 0.3) is 17.3 Å². The summed E-state index contributed by atoms with van der Waals surface area (Å²) in [6.07, 6.45) is 3.45. The number of ether oxygens (including phenoxy) is 1. The second-order valence-corrected chi connectivity index (χ2v) is 7.32. The average molecular weight is 378 g/mol. The fourth-order valence-electron chi connectivity index (χ4n) is 2.44. The van der Waals surface area contributed by atoms with E-state index in [1.54, 1.807) is 6.08 Å². The van der Waals surface area contributed by atoms with Gasteiger partial charge in [0.15, 0.2) is 5.13 Å². The van der Waals surface area contributed by atoms with Gasteiger partial charge in [0, 0.05) is 17.0 Å². The lowest BCUT2D eigenvalue weighted by Crippen LogP contribution is -2.07. The van der Waals surface area contributed by atoms with Gasteiger partial charge in [-0.3, -0.25) is 10.1 Å². The molecular weight excluding hydrogens is 356 g/mol. The molecule has 0 fully saturated rings. The second kappa shape index (κ2) is 8.64. The van der Waals surface area contributed by atoms with Gasteiger partial charge in [0.1, 0.15) is 5.75 Å². The standard InChI is InChI=1S/C22H22N2O2S/c1-15(2)26-19-11-9-18(10-12-19)20-14-27-22(23-20)24-21(25)13-8-17-6-4-16(3)5-7-17/h4-15H,1-3H3,(H,23,24,25)/b13-8+. The fraction of sp³-hybridized carbons (Fsp3) is 0.182. The number of rotatable bonds is 6. The molecule has 0 bridgehead atoms. The lowest BCUT2D eigenvalue weighted by atomic mass is 10.1. The summed E-state index contributed by atoms with van der Waals surface area (Å²) >= 11 is 1.40. The molecule has 0 unspecified atom stereocenters. The molecule has 0 atom stereocenters. The van der Waals surface area contributed by atoms with Gasteiger partial charge in [-0.25, -0.2) is 4.98 Å². The molecule has 27 heavy (non-hydrogen) atoms. The summed E-state index contributed by atoms with van der Waals surface area (Å²) in [5.41, 5.74) is 3.99. The maximum Gasteiger partial charge on any atom is 0.250 e. The number of benzene rings is 2. The molecule has 0 aliphatic carbocycles. The molecule has 0 saturated carbocycles. The predicted octanol–water partition coefficient (Wildman–Crippen LogP) is 5.56. The first-order chi connectivity index (χ1) is 13.0. The fourth-order valence-corrected chi connectivity index (χ4v) is 3.16. The van der Waals surface area contributed by atoms with Crippen LogP contribution < -0.4 is 10.1 Å². The Bertz CT molecular complexity index is 926. The highest BCUT2D eigenvalue weighted by atomic mass is 32.1. The van der Waals surface area contributed by atoms with Crippen molar-refractivity contribution in [1.82, 2.24) is 4.98 Å². The van der Waals surface area contributed by atoms with Crippen LogP contribution in [-0.2, 0) is 4.79 Å². The molecule has 3 aromatic rings. The van der Waals surface area contributed by atoms with Crippen molar-refractivity contribution in [3.05, 3.63) is 71.1 Å².